The second kappa shape index (κ2) is 6.14. The van der Waals surface area contributed by atoms with E-state index in [4.69, 9.17) is 5.73 Å². The van der Waals surface area contributed by atoms with E-state index in [1.807, 2.05) is 30.8 Å². The zero-order chi connectivity index (χ0) is 13.0. The summed E-state index contributed by atoms with van der Waals surface area (Å²) in [6.07, 6.45) is 2.41. The first-order valence-electron chi connectivity index (χ1n) is 6.39. The molecule has 0 aliphatic carbocycles. The number of para-hydroxylation sites is 1. The van der Waals surface area contributed by atoms with Crippen LogP contribution in [0.5, 0.6) is 0 Å². The summed E-state index contributed by atoms with van der Waals surface area (Å²) < 4.78 is 0. The normalized spacial score (nSPS) is 16.5. The number of hydrogen-bond donors (Lipinski definition) is 2. The topological polar surface area (TPSA) is 55.1 Å². The number of thioether (sulfide) groups is 1. The molecule has 0 bridgehead atoms. The van der Waals surface area contributed by atoms with Gasteiger partial charge in [-0.1, -0.05) is 12.1 Å². The molecular weight excluding hydrogens is 244 g/mol. The van der Waals surface area contributed by atoms with Crippen LogP contribution in [0.25, 0.3) is 0 Å². The first kappa shape index (κ1) is 13.3. The number of benzene rings is 1. The Morgan fingerprint density at radius 2 is 2.17 bits per heavy atom. The van der Waals surface area contributed by atoms with Gasteiger partial charge in [0.1, 0.15) is 0 Å². The average Bonchev–Trinajstić information content (AvgIpc) is 2.40. The van der Waals surface area contributed by atoms with E-state index < -0.39 is 0 Å². The Balaban J connectivity index is 1.93. The lowest BCUT2D eigenvalue weighted by Crippen LogP contribution is -2.31. The van der Waals surface area contributed by atoms with Crippen LogP contribution >= 0.6 is 11.8 Å². The van der Waals surface area contributed by atoms with E-state index in [2.05, 4.69) is 5.32 Å². The number of nitrogens with one attached hydrogen (secondary N) is 1. The van der Waals surface area contributed by atoms with Crippen molar-refractivity contribution < 1.29 is 4.79 Å². The Bertz CT molecular complexity index is 428. The van der Waals surface area contributed by atoms with Gasteiger partial charge < -0.3 is 11.1 Å². The maximum atomic E-state index is 12.1. The number of carbonyl (C=O) groups excluding carboxylic acids is 1. The van der Waals surface area contributed by atoms with Crippen molar-refractivity contribution in [2.24, 2.45) is 5.92 Å². The summed E-state index contributed by atoms with van der Waals surface area (Å²) in [6.45, 7) is 2.69. The third-order valence-corrected chi connectivity index (χ3v) is 4.51. The molecule has 4 heteroatoms. The molecule has 1 aliphatic heterocycles. The Morgan fingerprint density at radius 3 is 2.89 bits per heavy atom. The molecule has 1 heterocycles. The molecule has 0 radical (unpaired) electrons. The van der Waals surface area contributed by atoms with Crippen molar-refractivity contribution in [3.63, 3.8) is 0 Å². The number of amides is 1. The number of nitrogens with two attached hydrogens (primary N) is 1. The summed E-state index contributed by atoms with van der Waals surface area (Å²) in [5.41, 5.74) is 8.07. The van der Waals surface area contributed by atoms with Gasteiger partial charge in [-0.15, -0.1) is 0 Å². The number of nitrogen functional groups attached to an aromatic ring is 1. The highest BCUT2D eigenvalue weighted by Crippen LogP contribution is 2.22. The van der Waals surface area contributed by atoms with Gasteiger partial charge in [-0.3, -0.25) is 4.79 Å². The highest BCUT2D eigenvalue weighted by molar-refractivity contribution is 7.99. The molecule has 18 heavy (non-hydrogen) atoms. The van der Waals surface area contributed by atoms with Gasteiger partial charge in [0, 0.05) is 12.2 Å². The molecule has 1 aromatic rings. The van der Waals surface area contributed by atoms with Crippen LogP contribution in [0.2, 0.25) is 0 Å². The Labute approximate surface area is 113 Å². The number of aryl methyl sites for hydroxylation is 1. The summed E-state index contributed by atoms with van der Waals surface area (Å²) in [5, 5.41) is 3.01. The minimum Gasteiger partial charge on any atom is -0.398 e. The third-order valence-electron chi connectivity index (χ3n) is 3.46. The van der Waals surface area contributed by atoms with Gasteiger partial charge in [-0.2, -0.15) is 11.8 Å². The van der Waals surface area contributed by atoms with E-state index in [1.165, 1.54) is 24.3 Å². The lowest BCUT2D eigenvalue weighted by atomic mass is 10.0. The third kappa shape index (κ3) is 3.19. The fourth-order valence-electron chi connectivity index (χ4n) is 2.16. The Kier molecular flexibility index (Phi) is 4.53. The number of carbonyl (C=O) groups is 1. The first-order chi connectivity index (χ1) is 8.68. The van der Waals surface area contributed by atoms with E-state index in [0.29, 0.717) is 17.2 Å². The molecule has 2 rings (SSSR count). The molecule has 1 amide bonds. The van der Waals surface area contributed by atoms with Crippen LogP contribution < -0.4 is 11.1 Å². The molecule has 3 nitrogen and oxygen atoms in total. The van der Waals surface area contributed by atoms with E-state index in [1.54, 1.807) is 6.07 Å². The molecule has 0 saturated carbocycles. The lowest BCUT2D eigenvalue weighted by Gasteiger charge is -2.21. The quantitative estimate of drug-likeness (QED) is 0.825. The SMILES string of the molecule is Cc1cccc(C(=O)NCC2CCSCC2)c1N. The zero-order valence-electron chi connectivity index (χ0n) is 10.7. The van der Waals surface area contributed by atoms with Gasteiger partial charge in [-0.25, -0.2) is 0 Å². The maximum Gasteiger partial charge on any atom is 0.253 e. The number of hydrogen-bond acceptors (Lipinski definition) is 3. The number of anilines is 1. The molecule has 0 atom stereocenters. The molecule has 98 valence electrons. The van der Waals surface area contributed by atoms with E-state index in [0.717, 1.165) is 12.1 Å². The summed E-state index contributed by atoms with van der Waals surface area (Å²) in [5.74, 6) is 3.01. The van der Waals surface area contributed by atoms with Crippen molar-refractivity contribution in [1.29, 1.82) is 0 Å². The van der Waals surface area contributed by atoms with Crippen LogP contribution in [0.3, 0.4) is 0 Å². The zero-order valence-corrected chi connectivity index (χ0v) is 11.6. The van der Waals surface area contributed by atoms with Crippen LogP contribution in [0.4, 0.5) is 5.69 Å². The highest BCUT2D eigenvalue weighted by Gasteiger charge is 2.16. The summed E-state index contributed by atoms with van der Waals surface area (Å²) in [6, 6.07) is 5.58. The van der Waals surface area contributed by atoms with Crippen LogP contribution in [0, 0.1) is 12.8 Å². The maximum absolute atomic E-state index is 12.1. The Hall–Kier alpha value is -1.16. The standard InChI is InChI=1S/C14H20N2OS/c1-10-3-2-4-12(13(10)15)14(17)16-9-11-5-7-18-8-6-11/h2-4,11H,5-9,15H2,1H3,(H,16,17). The lowest BCUT2D eigenvalue weighted by molar-refractivity contribution is 0.0947. The molecule has 1 aliphatic rings. The van der Waals surface area contributed by atoms with Crippen molar-refractivity contribution in [3.05, 3.63) is 29.3 Å². The summed E-state index contributed by atoms with van der Waals surface area (Å²) >= 11 is 2.00. The van der Waals surface area contributed by atoms with Gasteiger partial charge in [-0.05, 0) is 48.8 Å². The second-order valence-electron chi connectivity index (χ2n) is 4.80. The van der Waals surface area contributed by atoms with Crippen LogP contribution in [0.15, 0.2) is 18.2 Å². The van der Waals surface area contributed by atoms with Crippen LogP contribution in [-0.4, -0.2) is 24.0 Å². The van der Waals surface area contributed by atoms with Gasteiger partial charge in [0.05, 0.1) is 5.56 Å². The summed E-state index contributed by atoms with van der Waals surface area (Å²) in [7, 11) is 0. The van der Waals surface area contributed by atoms with Gasteiger partial charge in [0.2, 0.25) is 0 Å². The molecule has 0 aromatic heterocycles. The predicted octanol–water partition coefficient (Wildman–Crippen LogP) is 2.45. The average molecular weight is 264 g/mol. The molecule has 0 unspecified atom stereocenters. The second-order valence-corrected chi connectivity index (χ2v) is 6.03. The first-order valence-corrected chi connectivity index (χ1v) is 7.55. The highest BCUT2D eigenvalue weighted by atomic mass is 32.2. The van der Waals surface area contributed by atoms with Gasteiger partial charge in [0.15, 0.2) is 0 Å². The Morgan fingerprint density at radius 1 is 1.44 bits per heavy atom. The van der Waals surface area contributed by atoms with Gasteiger partial charge >= 0.3 is 0 Å². The fraction of sp³-hybridized carbons (Fsp3) is 0.500. The number of rotatable bonds is 3. The molecule has 1 fully saturated rings. The summed E-state index contributed by atoms with van der Waals surface area (Å²) in [4.78, 5) is 12.1. The van der Waals surface area contributed by atoms with Crippen molar-refractivity contribution in [2.75, 3.05) is 23.8 Å². The largest absolute Gasteiger partial charge is 0.398 e. The molecule has 1 saturated heterocycles. The van der Waals surface area contributed by atoms with Crippen LogP contribution in [-0.2, 0) is 0 Å². The monoisotopic (exact) mass is 264 g/mol. The molecular formula is C14H20N2OS. The predicted molar refractivity (Wildman–Crippen MR) is 78.0 cm³/mol. The molecule has 0 spiro atoms. The van der Waals surface area contributed by atoms with E-state index in [-0.39, 0.29) is 5.91 Å². The van der Waals surface area contributed by atoms with Crippen molar-refractivity contribution in [3.8, 4) is 0 Å². The smallest absolute Gasteiger partial charge is 0.253 e. The molecule has 1 aromatic carbocycles. The van der Waals surface area contributed by atoms with Gasteiger partial charge in [0.25, 0.3) is 5.91 Å². The van der Waals surface area contributed by atoms with E-state index in [9.17, 15) is 4.79 Å². The minimum atomic E-state index is -0.0468. The van der Waals surface area contributed by atoms with Crippen molar-refractivity contribution in [2.45, 2.75) is 19.8 Å². The molecule has 3 N–H and O–H groups in total. The van der Waals surface area contributed by atoms with E-state index >= 15 is 0 Å². The van der Waals surface area contributed by atoms with Crippen LogP contribution in [0.1, 0.15) is 28.8 Å². The van der Waals surface area contributed by atoms with Crippen molar-refractivity contribution >= 4 is 23.4 Å². The van der Waals surface area contributed by atoms with Crippen molar-refractivity contribution in [1.82, 2.24) is 5.32 Å². The minimum absolute atomic E-state index is 0.0468. The fourth-order valence-corrected chi connectivity index (χ4v) is 3.37.